The highest BCUT2D eigenvalue weighted by Gasteiger charge is 2.29. The second-order valence-corrected chi connectivity index (χ2v) is 6.20. The average molecular weight is 275 g/mol. The van der Waals surface area contributed by atoms with Gasteiger partial charge in [0.15, 0.2) is 0 Å². The Kier molecular flexibility index (Phi) is 4.69. The molecule has 1 amide bonds. The van der Waals surface area contributed by atoms with Crippen LogP contribution in [0.4, 0.5) is 0 Å². The van der Waals surface area contributed by atoms with Gasteiger partial charge in [0, 0.05) is 13.5 Å². The van der Waals surface area contributed by atoms with Crippen LogP contribution in [0.1, 0.15) is 39.9 Å². The largest absolute Gasteiger partial charge is 0.467 e. The lowest BCUT2D eigenvalue weighted by atomic mass is 9.75. The lowest BCUT2D eigenvalue weighted by molar-refractivity contribution is -0.130. The minimum atomic E-state index is 0.118. The van der Waals surface area contributed by atoms with E-state index in [9.17, 15) is 4.79 Å². The van der Waals surface area contributed by atoms with E-state index in [1.54, 1.807) is 13.2 Å². The summed E-state index contributed by atoms with van der Waals surface area (Å²) in [5.74, 6) is 2.64. The van der Waals surface area contributed by atoms with E-state index in [1.807, 2.05) is 17.0 Å². The molecule has 0 N–H and O–H groups in total. The Morgan fingerprint density at radius 2 is 2.20 bits per heavy atom. The third-order valence-electron chi connectivity index (χ3n) is 4.40. The van der Waals surface area contributed by atoms with Crippen LogP contribution in [-0.4, -0.2) is 17.4 Å². The molecule has 0 saturated heterocycles. The van der Waals surface area contributed by atoms with Gasteiger partial charge in [-0.1, -0.05) is 25.5 Å². The molecule has 1 aliphatic carbocycles. The predicted molar refractivity (Wildman–Crippen MR) is 80.0 cm³/mol. The van der Waals surface area contributed by atoms with E-state index in [0.717, 1.165) is 18.7 Å². The summed E-state index contributed by atoms with van der Waals surface area (Å²) in [6.07, 6.45) is 5.16. The summed E-state index contributed by atoms with van der Waals surface area (Å²) in [6.45, 7) is 9.78. The summed E-state index contributed by atoms with van der Waals surface area (Å²) in [6, 6.07) is 3.79. The molecule has 2 rings (SSSR count). The van der Waals surface area contributed by atoms with Crippen molar-refractivity contribution in [3.05, 3.63) is 35.8 Å². The Hall–Kier alpha value is -1.51. The predicted octanol–water partition coefficient (Wildman–Crippen LogP) is 3.87. The maximum absolute atomic E-state index is 11.9. The molecule has 0 aromatic carbocycles. The van der Waals surface area contributed by atoms with Gasteiger partial charge < -0.3 is 9.32 Å². The molecule has 1 heterocycles. The Morgan fingerprint density at radius 3 is 2.75 bits per heavy atom. The number of furan rings is 1. The first-order chi connectivity index (χ1) is 9.47. The standard InChI is InChI=1S/C17H25NO2/c1-12-8-13(2)17(14(3)9-12)11-18(15(4)19)10-16-6-5-7-20-16/h5-8,13-14,17H,9-11H2,1-4H3/t13-,14-,17+/m1/s1. The van der Waals surface area contributed by atoms with Crippen LogP contribution in [0.3, 0.4) is 0 Å². The molecule has 0 spiro atoms. The Balaban J connectivity index is 2.06. The molecule has 3 heteroatoms. The number of carbonyl (C=O) groups is 1. The average Bonchev–Trinajstić information content (AvgIpc) is 2.84. The molecule has 0 bridgehead atoms. The fraction of sp³-hybridized carbons (Fsp3) is 0.588. The van der Waals surface area contributed by atoms with E-state index in [2.05, 4.69) is 26.8 Å². The van der Waals surface area contributed by atoms with E-state index in [-0.39, 0.29) is 5.91 Å². The summed E-state index contributed by atoms with van der Waals surface area (Å²) in [4.78, 5) is 13.8. The van der Waals surface area contributed by atoms with Gasteiger partial charge in [-0.15, -0.1) is 0 Å². The zero-order chi connectivity index (χ0) is 14.7. The molecular weight excluding hydrogens is 250 g/mol. The minimum absolute atomic E-state index is 0.118. The number of amides is 1. The van der Waals surface area contributed by atoms with Gasteiger partial charge in [0.1, 0.15) is 5.76 Å². The van der Waals surface area contributed by atoms with Crippen molar-refractivity contribution in [2.45, 2.75) is 40.7 Å². The van der Waals surface area contributed by atoms with Gasteiger partial charge in [-0.2, -0.15) is 0 Å². The van der Waals surface area contributed by atoms with Crippen LogP contribution in [0.25, 0.3) is 0 Å². The van der Waals surface area contributed by atoms with Crippen LogP contribution in [0.15, 0.2) is 34.5 Å². The van der Waals surface area contributed by atoms with Gasteiger partial charge >= 0.3 is 0 Å². The zero-order valence-corrected chi connectivity index (χ0v) is 12.9. The molecule has 1 aromatic heterocycles. The Labute approximate surface area is 121 Å². The smallest absolute Gasteiger partial charge is 0.219 e. The van der Waals surface area contributed by atoms with Crippen molar-refractivity contribution in [1.82, 2.24) is 4.90 Å². The highest BCUT2D eigenvalue weighted by Crippen LogP contribution is 2.34. The van der Waals surface area contributed by atoms with E-state index < -0.39 is 0 Å². The number of hydrogen-bond acceptors (Lipinski definition) is 2. The second kappa shape index (κ2) is 6.29. The molecule has 110 valence electrons. The minimum Gasteiger partial charge on any atom is -0.467 e. The van der Waals surface area contributed by atoms with Crippen molar-refractivity contribution < 1.29 is 9.21 Å². The van der Waals surface area contributed by atoms with Crippen LogP contribution >= 0.6 is 0 Å². The van der Waals surface area contributed by atoms with Gasteiger partial charge in [0.05, 0.1) is 12.8 Å². The fourth-order valence-corrected chi connectivity index (χ4v) is 3.31. The lowest BCUT2D eigenvalue weighted by Crippen LogP contribution is -2.38. The van der Waals surface area contributed by atoms with Gasteiger partial charge in [0.2, 0.25) is 5.91 Å². The number of carbonyl (C=O) groups excluding carboxylic acids is 1. The van der Waals surface area contributed by atoms with Crippen molar-refractivity contribution in [3.63, 3.8) is 0 Å². The highest BCUT2D eigenvalue weighted by atomic mass is 16.3. The number of nitrogens with zero attached hydrogens (tertiary/aromatic N) is 1. The molecule has 0 radical (unpaired) electrons. The molecule has 0 fully saturated rings. The van der Waals surface area contributed by atoms with E-state index in [4.69, 9.17) is 4.42 Å². The third-order valence-corrected chi connectivity index (χ3v) is 4.40. The molecule has 1 aromatic rings. The molecule has 3 atom stereocenters. The lowest BCUT2D eigenvalue weighted by Gasteiger charge is -2.36. The van der Waals surface area contributed by atoms with E-state index in [0.29, 0.717) is 24.3 Å². The van der Waals surface area contributed by atoms with Crippen molar-refractivity contribution in [3.8, 4) is 0 Å². The summed E-state index contributed by atoms with van der Waals surface area (Å²) < 4.78 is 5.37. The zero-order valence-electron chi connectivity index (χ0n) is 12.9. The maximum atomic E-state index is 11.9. The van der Waals surface area contributed by atoms with Crippen LogP contribution in [0.5, 0.6) is 0 Å². The molecule has 0 aliphatic heterocycles. The van der Waals surface area contributed by atoms with Gasteiger partial charge in [0.25, 0.3) is 0 Å². The van der Waals surface area contributed by atoms with Crippen molar-refractivity contribution >= 4 is 5.91 Å². The first-order valence-corrected chi connectivity index (χ1v) is 7.42. The van der Waals surface area contributed by atoms with E-state index in [1.165, 1.54) is 5.57 Å². The fourth-order valence-electron chi connectivity index (χ4n) is 3.31. The quantitative estimate of drug-likeness (QED) is 0.782. The number of rotatable bonds is 4. The SMILES string of the molecule is CC(=O)N(Cc1ccco1)C[C@H]1[C@H](C)C=C(C)C[C@H]1C. The molecule has 1 aliphatic rings. The summed E-state index contributed by atoms with van der Waals surface area (Å²) in [5.41, 5.74) is 1.47. The third kappa shape index (κ3) is 3.53. The van der Waals surface area contributed by atoms with Crippen molar-refractivity contribution in [2.75, 3.05) is 6.54 Å². The van der Waals surface area contributed by atoms with E-state index >= 15 is 0 Å². The monoisotopic (exact) mass is 275 g/mol. The Bertz CT molecular complexity index is 475. The summed E-state index contributed by atoms with van der Waals surface area (Å²) in [5, 5.41) is 0. The molecule has 0 saturated carbocycles. The first-order valence-electron chi connectivity index (χ1n) is 7.42. The number of hydrogen-bond donors (Lipinski definition) is 0. The second-order valence-electron chi connectivity index (χ2n) is 6.20. The molecule has 3 nitrogen and oxygen atoms in total. The number of allylic oxidation sites excluding steroid dienone is 2. The molecule has 0 unspecified atom stereocenters. The van der Waals surface area contributed by atoms with Gasteiger partial charge in [-0.05, 0) is 43.2 Å². The topological polar surface area (TPSA) is 33.5 Å². The van der Waals surface area contributed by atoms with Gasteiger partial charge in [-0.25, -0.2) is 0 Å². The molecule has 20 heavy (non-hydrogen) atoms. The van der Waals surface area contributed by atoms with Crippen LogP contribution in [0, 0.1) is 17.8 Å². The van der Waals surface area contributed by atoms with Crippen LogP contribution in [0.2, 0.25) is 0 Å². The Morgan fingerprint density at radius 1 is 1.45 bits per heavy atom. The molecular formula is C17H25NO2. The first kappa shape index (κ1) is 14.9. The summed E-state index contributed by atoms with van der Waals surface area (Å²) >= 11 is 0. The van der Waals surface area contributed by atoms with Crippen molar-refractivity contribution in [2.24, 2.45) is 17.8 Å². The normalized spacial score (nSPS) is 26.2. The maximum Gasteiger partial charge on any atom is 0.219 e. The summed E-state index contributed by atoms with van der Waals surface area (Å²) in [7, 11) is 0. The van der Waals surface area contributed by atoms with Crippen molar-refractivity contribution in [1.29, 1.82) is 0 Å². The van der Waals surface area contributed by atoms with Crippen LogP contribution in [-0.2, 0) is 11.3 Å². The van der Waals surface area contributed by atoms with Crippen LogP contribution < -0.4 is 0 Å². The van der Waals surface area contributed by atoms with Gasteiger partial charge in [-0.3, -0.25) is 4.79 Å². The highest BCUT2D eigenvalue weighted by molar-refractivity contribution is 5.73.